The minimum atomic E-state index is -5.76. The summed E-state index contributed by atoms with van der Waals surface area (Å²) in [5, 5.41) is 6.86. The molecule has 12 rings (SSSR count). The number of fused-ring (bicyclic) bond motifs is 3. The van der Waals surface area contributed by atoms with E-state index in [9.17, 15) is 73.2 Å². The molecular weight excluding hydrogens is 1500 g/mol. The van der Waals surface area contributed by atoms with Crippen LogP contribution in [0.25, 0.3) is 0 Å². The van der Waals surface area contributed by atoms with Crippen molar-refractivity contribution in [3.05, 3.63) is 281 Å². The normalized spacial score (nSPS) is 15.5. The number of anilines is 3. The summed E-state index contributed by atoms with van der Waals surface area (Å²) in [5.74, 6) is -27.0. The maximum absolute atomic E-state index is 16.8. The zero-order chi connectivity index (χ0) is 79.5. The van der Waals surface area contributed by atoms with Gasteiger partial charge in [-0.1, -0.05) is 18.2 Å². The van der Waals surface area contributed by atoms with Crippen LogP contribution in [-0.4, -0.2) is 76.6 Å². The Hall–Kier alpha value is -12.1. The van der Waals surface area contributed by atoms with E-state index in [2.05, 4.69) is 16.0 Å². The summed E-state index contributed by atoms with van der Waals surface area (Å²) in [5.41, 5.74) is -4.79. The number of benzene rings is 9. The van der Waals surface area contributed by atoms with Crippen LogP contribution in [0.15, 0.2) is 127 Å². The summed E-state index contributed by atoms with van der Waals surface area (Å²) in [7, 11) is -1.72. The van der Waals surface area contributed by atoms with Crippen molar-refractivity contribution in [1.82, 2.24) is 30.7 Å². The molecule has 572 valence electrons. The maximum Gasteiger partial charge on any atom is 0.714 e. The Labute approximate surface area is 615 Å². The Morgan fingerprint density at radius 3 is 0.773 bits per heavy atom. The predicted molar refractivity (Wildman–Crippen MR) is 365 cm³/mol. The summed E-state index contributed by atoms with van der Waals surface area (Å²) >= 11 is 0. The SMILES string of the molecule is C[C@H]1c2ccc(C(=O)NCc3c(F)cc(F)cc3F)cc2N(Cc2c(F)cc(O[P+](O)(Oc3cc(F)c(CN4C(=O)N(C)[C@@H](C)c5ccc(C(=O)NCc6c(F)cc(F)cc6F)cc54)c(F)c3)Oc3cc(F)c(CN4C(=O)N(C)[C@@H](C)c5ccc(C(=O)NCc6c(F)cc(F)cc6F)cc54)c(F)c3)cc2F)C(=O)N1C. The fraction of sp³-hybridized carbons (Fsp3) is 0.200. The van der Waals surface area contributed by atoms with Gasteiger partial charge in [0.2, 0.25) is 0 Å². The van der Waals surface area contributed by atoms with Gasteiger partial charge in [0.05, 0.1) is 54.8 Å². The average Bonchev–Trinajstić information content (AvgIpc) is 0.767. The van der Waals surface area contributed by atoms with E-state index in [0.29, 0.717) is 89.5 Å². The van der Waals surface area contributed by atoms with Gasteiger partial charge in [-0.25, -0.2) is 93.8 Å². The molecule has 9 aromatic carbocycles. The van der Waals surface area contributed by atoms with E-state index < -0.39 is 239 Å². The zero-order valence-electron chi connectivity index (χ0n) is 58.0. The highest BCUT2D eigenvalue weighted by molar-refractivity contribution is 7.56. The highest BCUT2D eigenvalue weighted by Crippen LogP contribution is 2.58. The highest BCUT2D eigenvalue weighted by Gasteiger charge is 2.52. The number of nitrogens with one attached hydrogen (secondary N) is 3. The maximum atomic E-state index is 16.8. The number of amides is 9. The minimum Gasteiger partial charge on any atom is -0.348 e. The third-order valence-corrected chi connectivity index (χ3v) is 20.3. The third kappa shape index (κ3) is 15.4. The number of urea groups is 3. The molecule has 110 heavy (non-hydrogen) atoms. The highest BCUT2D eigenvalue weighted by atomic mass is 31.2. The lowest BCUT2D eigenvalue weighted by atomic mass is 9.98. The first-order valence-electron chi connectivity index (χ1n) is 32.9. The standard InChI is InChI=1S/C75H57F15N9O10P/c1-34-46-10-7-37(70(100)91-28-49-55(79)16-40(76)17-56(49)80)13-67(46)97(73(103)94(34)4)31-52-61(85)22-43(23-62(52)86)107-110(106,108-44-24-63(87)53(64(88)25-44)32-98-68-14-38(8-11-47(68)35(2)95(5)74(98)104)71(101)92-29-50-57(81)18-41(77)19-58(50)82)109-45-26-65(89)54(66(90)27-45)33-99-69-15-39(9-12-48(69)36(3)96(6)75(99)105)72(102)93-30-51-59(83)20-42(78)21-60(51)84/h7-27,34-36,106H,28-33H2,1-6H3,(H2-,91,92,93,100,101,102)/p+1/t34-,35-,36-/m0/s1. The van der Waals surface area contributed by atoms with Gasteiger partial charge in [-0.05, 0) is 73.9 Å². The summed E-state index contributed by atoms with van der Waals surface area (Å²) < 4.78 is 246. The fourth-order valence-electron chi connectivity index (χ4n) is 12.6. The molecule has 9 aromatic rings. The molecule has 3 aliphatic rings. The van der Waals surface area contributed by atoms with Gasteiger partial charge >= 0.3 is 26.3 Å². The van der Waals surface area contributed by atoms with Gasteiger partial charge in [-0.3, -0.25) is 29.1 Å². The molecule has 4 N–H and O–H groups in total. The molecule has 0 bridgehead atoms. The first kappa shape index (κ1) is 77.6. The molecular formula is C75H58F15N9O10P+. The lowest BCUT2D eigenvalue weighted by molar-refractivity contribution is 0.0942. The van der Waals surface area contributed by atoms with Gasteiger partial charge in [0.1, 0.15) is 87.3 Å². The number of halogens is 15. The fourth-order valence-corrected chi connectivity index (χ4v) is 13.8. The van der Waals surface area contributed by atoms with Crippen LogP contribution in [0.5, 0.6) is 17.2 Å². The molecule has 0 unspecified atom stereocenters. The quantitative estimate of drug-likeness (QED) is 0.0395. The van der Waals surface area contributed by atoms with Crippen molar-refractivity contribution in [2.24, 2.45) is 0 Å². The molecule has 0 aromatic heterocycles. The first-order chi connectivity index (χ1) is 52.0. The van der Waals surface area contributed by atoms with E-state index in [0.717, 1.165) is 32.9 Å². The molecule has 0 spiro atoms. The van der Waals surface area contributed by atoms with Crippen LogP contribution in [0.1, 0.15) is 120 Å². The second kappa shape index (κ2) is 30.5. The molecule has 9 amide bonds. The number of nitrogens with zero attached hydrogens (tertiary/aromatic N) is 6. The number of rotatable bonds is 21. The lowest BCUT2D eigenvalue weighted by Crippen LogP contribution is -2.47. The van der Waals surface area contributed by atoms with Crippen LogP contribution >= 0.6 is 8.17 Å². The summed E-state index contributed by atoms with van der Waals surface area (Å²) in [6.45, 7) is -0.514. The van der Waals surface area contributed by atoms with Gasteiger partial charge < -0.3 is 30.7 Å². The number of carbonyl (C=O) groups is 6. The molecule has 0 saturated heterocycles. The zero-order valence-corrected chi connectivity index (χ0v) is 58.9. The third-order valence-electron chi connectivity index (χ3n) is 19.0. The van der Waals surface area contributed by atoms with Crippen molar-refractivity contribution in [3.63, 3.8) is 0 Å². The molecule has 19 nitrogen and oxygen atoms in total. The van der Waals surface area contributed by atoms with Gasteiger partial charge in [0.25, 0.3) is 17.7 Å². The second-order valence-electron chi connectivity index (χ2n) is 25.7. The Kier molecular flexibility index (Phi) is 21.5. The Morgan fingerprint density at radius 2 is 0.555 bits per heavy atom. The minimum absolute atomic E-state index is 0.0872. The smallest absolute Gasteiger partial charge is 0.348 e. The predicted octanol–water partition coefficient (Wildman–Crippen LogP) is 16.2. The summed E-state index contributed by atoms with van der Waals surface area (Å²) in [4.78, 5) is 101. The van der Waals surface area contributed by atoms with E-state index in [1.807, 2.05) is 0 Å². The van der Waals surface area contributed by atoms with Crippen molar-refractivity contribution in [3.8, 4) is 17.2 Å². The topological polar surface area (TPSA) is 206 Å². The molecule has 0 aliphatic carbocycles. The van der Waals surface area contributed by atoms with E-state index >= 15 is 26.3 Å². The first-order valence-corrected chi connectivity index (χ1v) is 34.4. The van der Waals surface area contributed by atoms with Crippen LogP contribution in [0.4, 0.5) is 97.3 Å². The molecule has 0 fully saturated rings. The molecule has 3 heterocycles. The lowest BCUT2D eigenvalue weighted by Gasteiger charge is -2.39. The van der Waals surface area contributed by atoms with Crippen molar-refractivity contribution >= 4 is 61.0 Å². The van der Waals surface area contributed by atoms with Gasteiger partial charge in [-0.2, -0.15) is 0 Å². The second-order valence-corrected chi connectivity index (χ2v) is 27.2. The number of carbonyl (C=O) groups excluding carboxylic acids is 6. The number of hydrogen-bond acceptors (Lipinski definition) is 10. The molecule has 3 atom stereocenters. The van der Waals surface area contributed by atoms with Crippen LogP contribution in [-0.2, 0) is 39.3 Å². The summed E-state index contributed by atoms with van der Waals surface area (Å²) in [6.07, 6.45) is 0. The Balaban J connectivity index is 0.853. The van der Waals surface area contributed by atoms with E-state index in [1.54, 1.807) is 20.8 Å². The van der Waals surface area contributed by atoms with E-state index in [4.69, 9.17) is 13.6 Å². The molecule has 3 aliphatic heterocycles. The van der Waals surface area contributed by atoms with Crippen LogP contribution in [0.3, 0.4) is 0 Å². The van der Waals surface area contributed by atoms with E-state index in [-0.39, 0.29) is 33.8 Å². The van der Waals surface area contributed by atoms with Crippen LogP contribution in [0.2, 0.25) is 0 Å². The van der Waals surface area contributed by atoms with Crippen molar-refractivity contribution in [2.75, 3.05) is 35.8 Å². The van der Waals surface area contributed by atoms with E-state index in [1.165, 1.54) is 72.2 Å². The van der Waals surface area contributed by atoms with Gasteiger partial charge in [0.15, 0.2) is 17.2 Å². The molecule has 0 radical (unpaired) electrons. The molecule has 35 heteroatoms. The largest absolute Gasteiger partial charge is 0.714 e. The van der Waals surface area contributed by atoms with Crippen LogP contribution < -0.4 is 44.2 Å². The van der Waals surface area contributed by atoms with Crippen molar-refractivity contribution in [1.29, 1.82) is 0 Å². The average molecular weight is 1560 g/mol. The number of hydrogen-bond donors (Lipinski definition) is 4. The Morgan fingerprint density at radius 1 is 0.345 bits per heavy atom. The molecule has 0 saturated carbocycles. The van der Waals surface area contributed by atoms with Crippen molar-refractivity contribution in [2.45, 2.75) is 78.2 Å². The van der Waals surface area contributed by atoms with Crippen LogP contribution in [0, 0.1) is 87.3 Å². The van der Waals surface area contributed by atoms with Gasteiger partial charge in [-0.15, -0.1) is 4.89 Å². The van der Waals surface area contributed by atoms with Crippen molar-refractivity contribution < 1.29 is 113 Å². The summed E-state index contributed by atoms with van der Waals surface area (Å²) in [6, 6.07) is 11.4. The monoisotopic (exact) mass is 1560 g/mol. The van der Waals surface area contributed by atoms with Gasteiger partial charge in [0, 0.05) is 164 Å². The Bertz CT molecular complexity index is 4670.